The third kappa shape index (κ3) is 2.56. The van der Waals surface area contributed by atoms with Crippen LogP contribution in [0.5, 0.6) is 11.5 Å². The quantitative estimate of drug-likeness (QED) is 0.813. The van der Waals surface area contributed by atoms with Gasteiger partial charge in [0.05, 0.1) is 7.11 Å². The SMILES string of the molecule is COC(=O)C(N)CCc1cc2c(cc1C)OCO2. The van der Waals surface area contributed by atoms with Crippen molar-refractivity contribution in [2.75, 3.05) is 13.9 Å². The number of aryl methyl sites for hydroxylation is 2. The average Bonchev–Trinajstić information content (AvgIpc) is 2.81. The van der Waals surface area contributed by atoms with Crippen LogP contribution in [0.2, 0.25) is 0 Å². The average molecular weight is 251 g/mol. The van der Waals surface area contributed by atoms with Gasteiger partial charge < -0.3 is 19.9 Å². The molecule has 0 amide bonds. The first-order valence-electron chi connectivity index (χ1n) is 5.84. The zero-order chi connectivity index (χ0) is 13.1. The Morgan fingerprint density at radius 2 is 2.11 bits per heavy atom. The molecule has 0 spiro atoms. The van der Waals surface area contributed by atoms with E-state index in [4.69, 9.17) is 15.2 Å². The van der Waals surface area contributed by atoms with Crippen molar-refractivity contribution in [1.82, 2.24) is 0 Å². The van der Waals surface area contributed by atoms with Gasteiger partial charge in [-0.1, -0.05) is 0 Å². The fourth-order valence-corrected chi connectivity index (χ4v) is 1.94. The summed E-state index contributed by atoms with van der Waals surface area (Å²) in [5.74, 6) is 1.14. The molecular formula is C13H17NO4. The Hall–Kier alpha value is -1.75. The van der Waals surface area contributed by atoms with E-state index < -0.39 is 6.04 Å². The fraction of sp³-hybridized carbons (Fsp3) is 0.462. The summed E-state index contributed by atoms with van der Waals surface area (Å²) in [4.78, 5) is 11.2. The molecule has 18 heavy (non-hydrogen) atoms. The number of carbonyl (C=O) groups is 1. The molecule has 0 aliphatic carbocycles. The molecule has 0 saturated carbocycles. The Kier molecular flexibility index (Phi) is 3.72. The van der Waals surface area contributed by atoms with Gasteiger partial charge in [0.2, 0.25) is 6.79 Å². The molecule has 0 saturated heterocycles. The number of rotatable bonds is 4. The van der Waals surface area contributed by atoms with Crippen molar-refractivity contribution in [3.8, 4) is 11.5 Å². The Morgan fingerprint density at radius 1 is 1.44 bits per heavy atom. The molecule has 2 rings (SSSR count). The van der Waals surface area contributed by atoms with E-state index in [2.05, 4.69) is 4.74 Å². The third-order valence-electron chi connectivity index (χ3n) is 3.06. The summed E-state index contributed by atoms with van der Waals surface area (Å²) in [6.45, 7) is 2.26. The number of hydrogen-bond acceptors (Lipinski definition) is 5. The van der Waals surface area contributed by atoms with E-state index in [1.165, 1.54) is 7.11 Å². The van der Waals surface area contributed by atoms with E-state index in [1.807, 2.05) is 19.1 Å². The van der Waals surface area contributed by atoms with Crippen LogP contribution in [0, 0.1) is 6.92 Å². The molecule has 1 aromatic carbocycles. The van der Waals surface area contributed by atoms with Gasteiger partial charge in [-0.05, 0) is 43.0 Å². The van der Waals surface area contributed by atoms with Gasteiger partial charge in [0.25, 0.3) is 0 Å². The summed E-state index contributed by atoms with van der Waals surface area (Å²) in [7, 11) is 1.34. The summed E-state index contributed by atoms with van der Waals surface area (Å²) in [5.41, 5.74) is 7.93. The second-order valence-corrected chi connectivity index (χ2v) is 4.30. The maximum Gasteiger partial charge on any atom is 0.322 e. The lowest BCUT2D eigenvalue weighted by Gasteiger charge is -2.11. The largest absolute Gasteiger partial charge is 0.468 e. The van der Waals surface area contributed by atoms with Crippen molar-refractivity contribution >= 4 is 5.97 Å². The van der Waals surface area contributed by atoms with Crippen molar-refractivity contribution in [3.05, 3.63) is 23.3 Å². The highest BCUT2D eigenvalue weighted by Gasteiger charge is 2.18. The number of hydrogen-bond donors (Lipinski definition) is 1. The van der Waals surface area contributed by atoms with Gasteiger partial charge in [0.1, 0.15) is 6.04 Å². The Labute approximate surface area is 106 Å². The van der Waals surface area contributed by atoms with Gasteiger partial charge in [-0.2, -0.15) is 0 Å². The highest BCUT2D eigenvalue weighted by atomic mass is 16.7. The van der Waals surface area contributed by atoms with Crippen LogP contribution in [0.3, 0.4) is 0 Å². The number of carbonyl (C=O) groups excluding carboxylic acids is 1. The highest BCUT2D eigenvalue weighted by Crippen LogP contribution is 2.34. The van der Waals surface area contributed by atoms with Crippen molar-refractivity contribution in [1.29, 1.82) is 0 Å². The monoisotopic (exact) mass is 251 g/mol. The number of benzene rings is 1. The highest BCUT2D eigenvalue weighted by molar-refractivity contribution is 5.75. The molecule has 1 unspecified atom stereocenters. The van der Waals surface area contributed by atoms with E-state index in [-0.39, 0.29) is 12.8 Å². The number of ether oxygens (including phenoxy) is 3. The van der Waals surface area contributed by atoms with Crippen molar-refractivity contribution in [2.24, 2.45) is 5.73 Å². The first-order valence-corrected chi connectivity index (χ1v) is 5.84. The molecule has 0 radical (unpaired) electrons. The lowest BCUT2D eigenvalue weighted by atomic mass is 10.0. The standard InChI is InChI=1S/C13H17NO4/c1-8-5-11-12(18-7-17-11)6-9(8)3-4-10(14)13(15)16-2/h5-6,10H,3-4,7,14H2,1-2H3. The first kappa shape index (κ1) is 12.7. The normalized spacial score (nSPS) is 14.4. The topological polar surface area (TPSA) is 70.8 Å². The zero-order valence-electron chi connectivity index (χ0n) is 10.6. The molecular weight excluding hydrogens is 234 g/mol. The molecule has 1 heterocycles. The van der Waals surface area contributed by atoms with Crippen LogP contribution < -0.4 is 15.2 Å². The lowest BCUT2D eigenvalue weighted by Crippen LogP contribution is -2.31. The molecule has 0 aromatic heterocycles. The zero-order valence-corrected chi connectivity index (χ0v) is 10.6. The van der Waals surface area contributed by atoms with E-state index in [9.17, 15) is 4.79 Å². The van der Waals surface area contributed by atoms with E-state index >= 15 is 0 Å². The van der Waals surface area contributed by atoms with Gasteiger partial charge in [0, 0.05) is 0 Å². The number of esters is 1. The molecule has 2 N–H and O–H groups in total. The van der Waals surface area contributed by atoms with E-state index in [1.54, 1.807) is 0 Å². The van der Waals surface area contributed by atoms with Crippen LogP contribution in [0.1, 0.15) is 17.5 Å². The molecule has 0 fully saturated rings. The Balaban J connectivity index is 2.04. The molecule has 98 valence electrons. The van der Waals surface area contributed by atoms with Crippen molar-refractivity contribution in [2.45, 2.75) is 25.8 Å². The summed E-state index contributed by atoms with van der Waals surface area (Å²) in [6, 6.07) is 3.31. The third-order valence-corrected chi connectivity index (χ3v) is 3.06. The molecule has 1 aliphatic heterocycles. The summed E-state index contributed by atoms with van der Waals surface area (Å²) in [6.07, 6.45) is 1.26. The van der Waals surface area contributed by atoms with Gasteiger partial charge in [-0.15, -0.1) is 0 Å². The van der Waals surface area contributed by atoms with E-state index in [0.29, 0.717) is 12.8 Å². The van der Waals surface area contributed by atoms with Crippen LogP contribution in [-0.4, -0.2) is 25.9 Å². The maximum absolute atomic E-state index is 11.2. The van der Waals surface area contributed by atoms with Crippen LogP contribution in [0.25, 0.3) is 0 Å². The van der Waals surface area contributed by atoms with Crippen LogP contribution in [0.15, 0.2) is 12.1 Å². The second kappa shape index (κ2) is 5.27. The second-order valence-electron chi connectivity index (χ2n) is 4.30. The molecule has 5 nitrogen and oxygen atoms in total. The number of nitrogens with two attached hydrogens (primary N) is 1. The minimum atomic E-state index is -0.583. The van der Waals surface area contributed by atoms with Gasteiger partial charge >= 0.3 is 5.97 Å². The smallest absolute Gasteiger partial charge is 0.322 e. The minimum absolute atomic E-state index is 0.264. The molecule has 1 aromatic rings. The number of fused-ring (bicyclic) bond motifs is 1. The molecule has 5 heteroatoms. The summed E-state index contributed by atoms with van der Waals surface area (Å²) >= 11 is 0. The van der Waals surface area contributed by atoms with Gasteiger partial charge in [0.15, 0.2) is 11.5 Å². The van der Waals surface area contributed by atoms with Gasteiger partial charge in [-0.3, -0.25) is 4.79 Å². The van der Waals surface area contributed by atoms with Crippen LogP contribution in [0.4, 0.5) is 0 Å². The van der Waals surface area contributed by atoms with Gasteiger partial charge in [-0.25, -0.2) is 0 Å². The lowest BCUT2D eigenvalue weighted by molar-refractivity contribution is -0.142. The van der Waals surface area contributed by atoms with Crippen LogP contribution in [-0.2, 0) is 16.0 Å². The van der Waals surface area contributed by atoms with E-state index in [0.717, 1.165) is 22.6 Å². The summed E-state index contributed by atoms with van der Waals surface area (Å²) < 4.78 is 15.2. The minimum Gasteiger partial charge on any atom is -0.468 e. The molecule has 1 atom stereocenters. The predicted octanol–water partition coefficient (Wildman–Crippen LogP) is 1.16. The fourth-order valence-electron chi connectivity index (χ4n) is 1.94. The van der Waals surface area contributed by atoms with Crippen LogP contribution >= 0.6 is 0 Å². The van der Waals surface area contributed by atoms with Crippen molar-refractivity contribution < 1.29 is 19.0 Å². The first-order chi connectivity index (χ1) is 8.61. The number of methoxy groups -OCH3 is 1. The predicted molar refractivity (Wildman–Crippen MR) is 65.6 cm³/mol. The molecule has 1 aliphatic rings. The summed E-state index contributed by atoms with van der Waals surface area (Å²) in [5, 5.41) is 0. The van der Waals surface area contributed by atoms with Crippen molar-refractivity contribution in [3.63, 3.8) is 0 Å². The Morgan fingerprint density at radius 3 is 2.78 bits per heavy atom. The molecule has 0 bridgehead atoms. The Bertz CT molecular complexity index is 459. The maximum atomic E-state index is 11.2.